The molecule has 0 radical (unpaired) electrons. The first-order chi connectivity index (χ1) is 8.45. The van der Waals surface area contributed by atoms with Crippen molar-refractivity contribution >= 4 is 12.1 Å². The number of nitrogen functional groups attached to an aromatic ring is 1. The van der Waals surface area contributed by atoms with Gasteiger partial charge in [-0.1, -0.05) is 0 Å². The molecule has 2 aromatic rings. The van der Waals surface area contributed by atoms with Gasteiger partial charge in [-0.3, -0.25) is 4.79 Å². The van der Waals surface area contributed by atoms with E-state index in [1.165, 1.54) is 6.20 Å². The predicted octanol–water partition coefficient (Wildman–Crippen LogP) is 1.68. The van der Waals surface area contributed by atoms with Crippen LogP contribution in [-0.4, -0.2) is 21.1 Å². The molecule has 0 aliphatic carbocycles. The van der Waals surface area contributed by atoms with E-state index in [9.17, 15) is 18.0 Å². The van der Waals surface area contributed by atoms with Gasteiger partial charge in [0.2, 0.25) is 0 Å². The van der Waals surface area contributed by atoms with Gasteiger partial charge >= 0.3 is 6.18 Å². The Balaban J connectivity index is 2.64. The fourth-order valence-electron chi connectivity index (χ4n) is 1.42. The van der Waals surface area contributed by atoms with E-state index in [2.05, 4.69) is 10.1 Å². The molecule has 0 amide bonds. The van der Waals surface area contributed by atoms with Crippen molar-refractivity contribution in [2.75, 3.05) is 5.73 Å². The van der Waals surface area contributed by atoms with Crippen LogP contribution in [0.3, 0.4) is 0 Å². The van der Waals surface area contributed by atoms with E-state index in [0.717, 1.165) is 23.0 Å². The lowest BCUT2D eigenvalue weighted by molar-refractivity contribution is -0.137. The zero-order chi connectivity index (χ0) is 13.3. The minimum atomic E-state index is -4.58. The topological polar surface area (TPSA) is 73.8 Å². The summed E-state index contributed by atoms with van der Waals surface area (Å²) in [4.78, 5) is 14.2. The van der Waals surface area contributed by atoms with Crippen molar-refractivity contribution in [3.05, 3.63) is 35.7 Å². The Bertz CT molecular complexity index is 591. The van der Waals surface area contributed by atoms with Crippen LogP contribution in [0.4, 0.5) is 19.0 Å². The molecule has 0 aliphatic rings. The van der Waals surface area contributed by atoms with Crippen molar-refractivity contribution in [3.63, 3.8) is 0 Å². The minimum Gasteiger partial charge on any atom is -0.383 e. The monoisotopic (exact) mass is 256 g/mol. The fourth-order valence-corrected chi connectivity index (χ4v) is 1.42. The Morgan fingerprint density at radius 3 is 2.67 bits per heavy atom. The smallest absolute Gasteiger partial charge is 0.383 e. The summed E-state index contributed by atoms with van der Waals surface area (Å²) in [5.41, 5.74) is 4.55. The van der Waals surface area contributed by atoms with Crippen molar-refractivity contribution in [3.8, 4) is 5.82 Å². The molecule has 8 heteroatoms. The first kappa shape index (κ1) is 12.1. The Labute approximate surface area is 99.0 Å². The van der Waals surface area contributed by atoms with Crippen LogP contribution in [0.25, 0.3) is 5.82 Å². The van der Waals surface area contributed by atoms with Gasteiger partial charge in [-0.05, 0) is 12.1 Å². The molecule has 0 fully saturated rings. The van der Waals surface area contributed by atoms with Gasteiger partial charge < -0.3 is 5.73 Å². The van der Waals surface area contributed by atoms with Crippen LogP contribution in [0, 0.1) is 0 Å². The van der Waals surface area contributed by atoms with Crippen LogP contribution in [0.2, 0.25) is 0 Å². The van der Waals surface area contributed by atoms with Crippen LogP contribution in [0.1, 0.15) is 15.9 Å². The number of nitrogens with two attached hydrogens (primary N) is 1. The van der Waals surface area contributed by atoms with Gasteiger partial charge in [0.25, 0.3) is 0 Å². The lowest BCUT2D eigenvalue weighted by Gasteiger charge is -2.12. The van der Waals surface area contributed by atoms with Crippen molar-refractivity contribution in [2.24, 2.45) is 0 Å². The molecule has 94 valence electrons. The molecule has 2 heterocycles. The molecule has 0 atom stereocenters. The first-order valence-electron chi connectivity index (χ1n) is 4.76. The van der Waals surface area contributed by atoms with Gasteiger partial charge in [-0.15, -0.1) is 0 Å². The zero-order valence-electron chi connectivity index (χ0n) is 8.85. The first-order valence-corrected chi connectivity index (χ1v) is 4.76. The van der Waals surface area contributed by atoms with Gasteiger partial charge in [0.15, 0.2) is 12.1 Å². The highest BCUT2D eigenvalue weighted by molar-refractivity contribution is 5.81. The second-order valence-electron chi connectivity index (χ2n) is 3.39. The number of hydrogen-bond donors (Lipinski definition) is 1. The summed E-state index contributed by atoms with van der Waals surface area (Å²) in [6.45, 7) is 0. The summed E-state index contributed by atoms with van der Waals surface area (Å²) in [7, 11) is 0. The molecule has 0 unspecified atom stereocenters. The standard InChI is InChI=1S/C10H7F3N4O/c11-10(12,13)7-2-1-3-15-9(7)17-8(14)6(5-18)4-16-17/h1-5H,14H2. The highest BCUT2D eigenvalue weighted by Crippen LogP contribution is 2.33. The SMILES string of the molecule is Nc1c(C=O)cnn1-c1ncccc1C(F)(F)F. The Morgan fingerprint density at radius 1 is 1.39 bits per heavy atom. The average Bonchev–Trinajstić information content (AvgIpc) is 2.69. The molecule has 18 heavy (non-hydrogen) atoms. The maximum Gasteiger partial charge on any atom is 0.420 e. The number of anilines is 1. The number of carbonyl (C=O) groups excluding carboxylic acids is 1. The predicted molar refractivity (Wildman–Crippen MR) is 56.2 cm³/mol. The molecule has 5 nitrogen and oxygen atoms in total. The summed E-state index contributed by atoms with van der Waals surface area (Å²) < 4.78 is 39.1. The van der Waals surface area contributed by atoms with Crippen molar-refractivity contribution in [2.45, 2.75) is 6.18 Å². The third-order valence-corrected chi connectivity index (χ3v) is 2.26. The number of aromatic nitrogens is 3. The Hall–Kier alpha value is -2.38. The third-order valence-electron chi connectivity index (χ3n) is 2.26. The molecule has 0 aromatic carbocycles. The van der Waals surface area contributed by atoms with E-state index in [4.69, 9.17) is 5.73 Å². The summed E-state index contributed by atoms with van der Waals surface area (Å²) in [5, 5.41) is 3.63. The minimum absolute atomic E-state index is 0.00813. The highest BCUT2D eigenvalue weighted by Gasteiger charge is 2.35. The molecule has 2 aromatic heterocycles. The van der Waals surface area contributed by atoms with Gasteiger partial charge in [0.1, 0.15) is 11.4 Å². The van der Waals surface area contributed by atoms with Gasteiger partial charge in [0, 0.05) is 6.20 Å². The van der Waals surface area contributed by atoms with E-state index in [1.54, 1.807) is 0 Å². The summed E-state index contributed by atoms with van der Waals surface area (Å²) in [5.74, 6) is -0.648. The second kappa shape index (κ2) is 4.13. The number of carbonyl (C=O) groups is 1. The average molecular weight is 256 g/mol. The number of aldehydes is 1. The van der Waals surface area contributed by atoms with Crippen molar-refractivity contribution in [1.82, 2.24) is 14.8 Å². The highest BCUT2D eigenvalue weighted by atomic mass is 19.4. The Morgan fingerprint density at radius 2 is 2.11 bits per heavy atom. The lowest BCUT2D eigenvalue weighted by Crippen LogP contribution is -2.14. The molecule has 0 saturated carbocycles. The summed E-state index contributed by atoms with van der Waals surface area (Å²) in [6, 6.07) is 2.02. The quantitative estimate of drug-likeness (QED) is 0.829. The summed E-state index contributed by atoms with van der Waals surface area (Å²) in [6.07, 6.45) is -1.90. The van der Waals surface area contributed by atoms with E-state index in [1.807, 2.05) is 0 Å². The maximum atomic E-state index is 12.8. The maximum absolute atomic E-state index is 12.8. The summed E-state index contributed by atoms with van der Waals surface area (Å²) >= 11 is 0. The molecule has 0 saturated heterocycles. The van der Waals surface area contributed by atoms with Crippen LogP contribution in [0.15, 0.2) is 24.5 Å². The molecule has 0 bridgehead atoms. The molecule has 0 spiro atoms. The number of rotatable bonds is 2. The number of pyridine rings is 1. The van der Waals surface area contributed by atoms with E-state index >= 15 is 0 Å². The van der Waals surface area contributed by atoms with Crippen molar-refractivity contribution < 1.29 is 18.0 Å². The number of alkyl halides is 3. The van der Waals surface area contributed by atoms with Crippen molar-refractivity contribution in [1.29, 1.82) is 0 Å². The molecular formula is C10H7F3N4O. The molecule has 2 N–H and O–H groups in total. The molecular weight excluding hydrogens is 249 g/mol. The molecule has 2 rings (SSSR count). The number of hydrogen-bond acceptors (Lipinski definition) is 4. The van der Waals surface area contributed by atoms with Gasteiger partial charge in [-0.25, -0.2) is 4.98 Å². The van der Waals surface area contributed by atoms with E-state index < -0.39 is 17.6 Å². The van der Waals surface area contributed by atoms with Crippen LogP contribution in [0.5, 0.6) is 0 Å². The van der Waals surface area contributed by atoms with Gasteiger partial charge in [-0.2, -0.15) is 23.0 Å². The normalized spacial score (nSPS) is 11.5. The lowest BCUT2D eigenvalue weighted by atomic mass is 10.2. The van der Waals surface area contributed by atoms with E-state index in [-0.39, 0.29) is 11.4 Å². The fraction of sp³-hybridized carbons (Fsp3) is 0.100. The number of nitrogens with zero attached hydrogens (tertiary/aromatic N) is 3. The third kappa shape index (κ3) is 1.92. The van der Waals surface area contributed by atoms with E-state index in [0.29, 0.717) is 6.29 Å². The molecule has 0 aliphatic heterocycles. The van der Waals surface area contributed by atoms with Crippen LogP contribution >= 0.6 is 0 Å². The Kier molecular flexibility index (Phi) is 2.77. The van der Waals surface area contributed by atoms with Gasteiger partial charge in [0.05, 0.1) is 11.8 Å². The largest absolute Gasteiger partial charge is 0.420 e. The zero-order valence-corrected chi connectivity index (χ0v) is 8.85. The van der Waals surface area contributed by atoms with Crippen LogP contribution < -0.4 is 5.73 Å². The van der Waals surface area contributed by atoms with Crippen LogP contribution in [-0.2, 0) is 6.18 Å². The number of halogens is 3. The second-order valence-corrected chi connectivity index (χ2v) is 3.39.